The summed E-state index contributed by atoms with van der Waals surface area (Å²) in [6.45, 7) is 8.58. The zero-order valence-electron chi connectivity index (χ0n) is 13.1. The third-order valence-corrected chi connectivity index (χ3v) is 2.89. The molecule has 1 aromatic rings. The molecule has 0 saturated carbocycles. The fourth-order valence-corrected chi connectivity index (χ4v) is 2.01. The molecule has 0 saturated heterocycles. The standard InChI is InChI=1S/C15H24FN3O2/c1-5-19(9-15(20)18-10(3)4)13-8-14(21-6-2)11(16)7-12(13)17/h7-8,10H,5-6,9,17H2,1-4H3,(H,18,20). The summed E-state index contributed by atoms with van der Waals surface area (Å²) in [5.74, 6) is -0.460. The number of halogens is 1. The largest absolute Gasteiger partial charge is 0.491 e. The number of ether oxygens (including phenoxy) is 1. The van der Waals surface area contributed by atoms with Gasteiger partial charge in [0.1, 0.15) is 0 Å². The molecule has 0 aliphatic heterocycles. The number of rotatable bonds is 7. The monoisotopic (exact) mass is 297 g/mol. The highest BCUT2D eigenvalue weighted by Crippen LogP contribution is 2.31. The number of benzene rings is 1. The molecule has 6 heteroatoms. The van der Waals surface area contributed by atoms with Crippen molar-refractivity contribution in [3.8, 4) is 5.75 Å². The number of nitrogen functional groups attached to an aromatic ring is 1. The number of likely N-dealkylation sites (N-methyl/N-ethyl adjacent to an activating group) is 1. The molecule has 118 valence electrons. The van der Waals surface area contributed by atoms with Crippen LogP contribution in [0.3, 0.4) is 0 Å². The van der Waals surface area contributed by atoms with Crippen LogP contribution in [-0.2, 0) is 4.79 Å². The van der Waals surface area contributed by atoms with Crippen molar-refractivity contribution >= 4 is 17.3 Å². The smallest absolute Gasteiger partial charge is 0.239 e. The van der Waals surface area contributed by atoms with Gasteiger partial charge >= 0.3 is 0 Å². The third kappa shape index (κ3) is 4.81. The highest BCUT2D eigenvalue weighted by molar-refractivity contribution is 5.83. The number of nitrogens with two attached hydrogens (primary N) is 1. The first-order valence-electron chi connectivity index (χ1n) is 7.15. The summed E-state index contributed by atoms with van der Waals surface area (Å²) in [7, 11) is 0. The molecule has 0 spiro atoms. The van der Waals surface area contributed by atoms with Crippen molar-refractivity contribution in [3.05, 3.63) is 17.9 Å². The minimum Gasteiger partial charge on any atom is -0.491 e. The molecule has 0 aliphatic rings. The first-order valence-corrected chi connectivity index (χ1v) is 7.15. The maximum Gasteiger partial charge on any atom is 0.239 e. The van der Waals surface area contributed by atoms with Gasteiger partial charge in [0.25, 0.3) is 0 Å². The second-order valence-electron chi connectivity index (χ2n) is 5.01. The van der Waals surface area contributed by atoms with E-state index in [2.05, 4.69) is 5.32 Å². The van der Waals surface area contributed by atoms with Gasteiger partial charge in [-0.25, -0.2) is 4.39 Å². The molecular formula is C15H24FN3O2. The van der Waals surface area contributed by atoms with Gasteiger partial charge in [-0.1, -0.05) is 0 Å². The Kier molecular flexibility index (Phi) is 6.27. The molecule has 1 rings (SSSR count). The molecule has 0 aliphatic carbocycles. The number of amides is 1. The lowest BCUT2D eigenvalue weighted by Crippen LogP contribution is -2.40. The van der Waals surface area contributed by atoms with Crippen LogP contribution in [0.5, 0.6) is 5.75 Å². The minimum atomic E-state index is -0.499. The van der Waals surface area contributed by atoms with Crippen LogP contribution >= 0.6 is 0 Å². The maximum atomic E-state index is 13.7. The first-order chi connectivity index (χ1) is 9.88. The number of anilines is 2. The molecule has 0 heterocycles. The van der Waals surface area contributed by atoms with E-state index in [1.165, 1.54) is 6.07 Å². The lowest BCUT2D eigenvalue weighted by atomic mass is 10.2. The lowest BCUT2D eigenvalue weighted by molar-refractivity contribution is -0.120. The van der Waals surface area contributed by atoms with Gasteiger partial charge < -0.3 is 20.7 Å². The number of carbonyl (C=O) groups is 1. The highest BCUT2D eigenvalue weighted by atomic mass is 19.1. The number of nitrogens with zero attached hydrogens (tertiary/aromatic N) is 1. The van der Waals surface area contributed by atoms with Gasteiger partial charge in [0.05, 0.1) is 24.5 Å². The summed E-state index contributed by atoms with van der Waals surface area (Å²) >= 11 is 0. The van der Waals surface area contributed by atoms with Crippen molar-refractivity contribution in [1.29, 1.82) is 0 Å². The predicted octanol–water partition coefficient (Wildman–Crippen LogP) is 2.16. The average molecular weight is 297 g/mol. The molecule has 0 fully saturated rings. The topological polar surface area (TPSA) is 67.6 Å². The Morgan fingerprint density at radius 2 is 2.10 bits per heavy atom. The zero-order chi connectivity index (χ0) is 16.0. The van der Waals surface area contributed by atoms with E-state index in [4.69, 9.17) is 10.5 Å². The van der Waals surface area contributed by atoms with E-state index in [9.17, 15) is 9.18 Å². The maximum absolute atomic E-state index is 13.7. The number of carbonyl (C=O) groups excluding carboxylic acids is 1. The van der Waals surface area contributed by atoms with Crippen LogP contribution in [0.15, 0.2) is 12.1 Å². The van der Waals surface area contributed by atoms with Crippen molar-refractivity contribution < 1.29 is 13.9 Å². The molecular weight excluding hydrogens is 273 g/mol. The molecule has 0 radical (unpaired) electrons. The number of hydrogen-bond donors (Lipinski definition) is 2. The zero-order valence-corrected chi connectivity index (χ0v) is 13.1. The molecule has 0 bridgehead atoms. The van der Waals surface area contributed by atoms with Crippen LogP contribution in [0.4, 0.5) is 15.8 Å². The Morgan fingerprint density at radius 3 is 2.62 bits per heavy atom. The molecule has 0 atom stereocenters. The van der Waals surface area contributed by atoms with Crippen molar-refractivity contribution in [2.75, 3.05) is 30.3 Å². The average Bonchev–Trinajstić information content (AvgIpc) is 2.39. The van der Waals surface area contributed by atoms with E-state index in [0.29, 0.717) is 18.8 Å². The quantitative estimate of drug-likeness (QED) is 0.757. The first kappa shape index (κ1) is 17.1. The van der Waals surface area contributed by atoms with E-state index < -0.39 is 5.82 Å². The van der Waals surface area contributed by atoms with Crippen molar-refractivity contribution in [1.82, 2.24) is 5.32 Å². The van der Waals surface area contributed by atoms with Gasteiger partial charge in [0.15, 0.2) is 11.6 Å². The van der Waals surface area contributed by atoms with Gasteiger partial charge in [0.2, 0.25) is 5.91 Å². The minimum absolute atomic E-state index is 0.0701. The van der Waals surface area contributed by atoms with Gasteiger partial charge in [-0.05, 0) is 27.7 Å². The van der Waals surface area contributed by atoms with Crippen LogP contribution in [0, 0.1) is 5.82 Å². The van der Waals surface area contributed by atoms with E-state index in [1.807, 2.05) is 20.8 Å². The fourth-order valence-electron chi connectivity index (χ4n) is 2.01. The molecule has 0 unspecified atom stereocenters. The normalized spacial score (nSPS) is 10.6. The fraction of sp³-hybridized carbons (Fsp3) is 0.533. The van der Waals surface area contributed by atoms with Crippen molar-refractivity contribution in [3.63, 3.8) is 0 Å². The summed E-state index contributed by atoms with van der Waals surface area (Å²) < 4.78 is 19.0. The van der Waals surface area contributed by atoms with Crippen molar-refractivity contribution in [2.45, 2.75) is 33.7 Å². The van der Waals surface area contributed by atoms with E-state index in [0.717, 1.165) is 0 Å². The SMILES string of the molecule is CCOc1cc(N(CC)CC(=O)NC(C)C)c(N)cc1F. The van der Waals surface area contributed by atoms with Crippen LogP contribution in [0.25, 0.3) is 0 Å². The summed E-state index contributed by atoms with van der Waals surface area (Å²) in [6, 6.07) is 2.84. The Bertz CT molecular complexity index is 492. The molecule has 1 amide bonds. The summed E-state index contributed by atoms with van der Waals surface area (Å²) in [6.07, 6.45) is 0. The Labute approximate surface area is 125 Å². The second kappa shape index (κ2) is 7.71. The summed E-state index contributed by atoms with van der Waals surface area (Å²) in [5, 5.41) is 2.82. The molecule has 21 heavy (non-hydrogen) atoms. The number of hydrogen-bond acceptors (Lipinski definition) is 4. The lowest BCUT2D eigenvalue weighted by Gasteiger charge is -2.25. The Hall–Kier alpha value is -1.98. The second-order valence-corrected chi connectivity index (χ2v) is 5.01. The van der Waals surface area contributed by atoms with Crippen LogP contribution in [0.1, 0.15) is 27.7 Å². The van der Waals surface area contributed by atoms with E-state index in [-0.39, 0.29) is 29.9 Å². The Morgan fingerprint density at radius 1 is 1.43 bits per heavy atom. The molecule has 3 N–H and O–H groups in total. The number of nitrogens with one attached hydrogen (secondary N) is 1. The Balaban J connectivity index is 2.99. The van der Waals surface area contributed by atoms with E-state index in [1.54, 1.807) is 17.9 Å². The molecule has 1 aromatic carbocycles. The van der Waals surface area contributed by atoms with Gasteiger partial charge in [0, 0.05) is 24.7 Å². The molecule has 0 aromatic heterocycles. The van der Waals surface area contributed by atoms with Gasteiger partial charge in [-0.2, -0.15) is 0 Å². The van der Waals surface area contributed by atoms with E-state index >= 15 is 0 Å². The summed E-state index contributed by atoms with van der Waals surface area (Å²) in [4.78, 5) is 13.7. The highest BCUT2D eigenvalue weighted by Gasteiger charge is 2.16. The van der Waals surface area contributed by atoms with Crippen LogP contribution in [-0.4, -0.2) is 31.6 Å². The van der Waals surface area contributed by atoms with Crippen LogP contribution in [0.2, 0.25) is 0 Å². The van der Waals surface area contributed by atoms with Gasteiger partial charge in [-0.3, -0.25) is 4.79 Å². The van der Waals surface area contributed by atoms with Gasteiger partial charge in [-0.15, -0.1) is 0 Å². The predicted molar refractivity (Wildman–Crippen MR) is 83.1 cm³/mol. The third-order valence-electron chi connectivity index (χ3n) is 2.89. The van der Waals surface area contributed by atoms with Crippen molar-refractivity contribution in [2.24, 2.45) is 0 Å². The molecule has 5 nitrogen and oxygen atoms in total. The summed E-state index contributed by atoms with van der Waals surface area (Å²) in [5.41, 5.74) is 6.76. The van der Waals surface area contributed by atoms with Crippen LogP contribution < -0.4 is 20.7 Å².